The first-order valence-corrected chi connectivity index (χ1v) is 9.07. The molecule has 142 valence electrons. The van der Waals surface area contributed by atoms with Gasteiger partial charge in [0.2, 0.25) is 0 Å². The molecule has 0 radical (unpaired) electrons. The van der Waals surface area contributed by atoms with Gasteiger partial charge in [0, 0.05) is 27.0 Å². The van der Waals surface area contributed by atoms with E-state index in [0.29, 0.717) is 0 Å². The normalized spacial score (nSPS) is 11.7. The SMILES string of the molecule is Cc1c(C(=O)/C=C\c2cccs2)c(C)c([N+](=O)[O-])c(C(C)(C)C)c1[N+](=O)[O-]. The van der Waals surface area contributed by atoms with E-state index in [2.05, 4.69) is 0 Å². The minimum absolute atomic E-state index is 0.00852. The van der Waals surface area contributed by atoms with Crippen LogP contribution in [-0.4, -0.2) is 15.6 Å². The molecule has 0 fully saturated rings. The van der Waals surface area contributed by atoms with Crippen LogP contribution in [0.1, 0.15) is 52.7 Å². The predicted octanol–water partition coefficient (Wildman–Crippen LogP) is 5.37. The zero-order valence-electron chi connectivity index (χ0n) is 15.7. The number of nitro groups is 2. The van der Waals surface area contributed by atoms with Crippen molar-refractivity contribution < 1.29 is 14.6 Å². The highest BCUT2D eigenvalue weighted by molar-refractivity contribution is 7.10. The van der Waals surface area contributed by atoms with Crippen LogP contribution in [0.3, 0.4) is 0 Å². The smallest absolute Gasteiger partial charge is 0.283 e. The summed E-state index contributed by atoms with van der Waals surface area (Å²) in [5.74, 6) is -0.495. The molecule has 0 aliphatic rings. The molecule has 0 unspecified atom stereocenters. The van der Waals surface area contributed by atoms with Crippen molar-refractivity contribution in [1.29, 1.82) is 0 Å². The highest BCUT2D eigenvalue weighted by Gasteiger charge is 2.40. The lowest BCUT2D eigenvalue weighted by atomic mass is 9.79. The van der Waals surface area contributed by atoms with Crippen molar-refractivity contribution in [3.8, 4) is 0 Å². The van der Waals surface area contributed by atoms with Crippen LogP contribution in [0, 0.1) is 34.1 Å². The molecule has 0 saturated heterocycles. The Morgan fingerprint density at radius 3 is 1.96 bits per heavy atom. The summed E-state index contributed by atoms with van der Waals surface area (Å²) in [4.78, 5) is 35.8. The number of rotatable bonds is 5. The lowest BCUT2D eigenvalue weighted by Gasteiger charge is -2.22. The summed E-state index contributed by atoms with van der Waals surface area (Å²) < 4.78 is 0. The quantitative estimate of drug-likeness (QED) is 0.296. The number of nitro benzene ring substituents is 2. The van der Waals surface area contributed by atoms with Crippen LogP contribution < -0.4 is 0 Å². The molecular formula is C19H20N2O5S. The number of ketones is 1. The first kappa shape index (κ1) is 20.4. The third kappa shape index (κ3) is 3.95. The average Bonchev–Trinajstić information content (AvgIpc) is 3.03. The molecule has 0 bridgehead atoms. The number of benzene rings is 1. The maximum atomic E-state index is 12.8. The minimum atomic E-state index is -0.839. The van der Waals surface area contributed by atoms with Crippen LogP contribution >= 0.6 is 11.3 Å². The molecule has 1 aromatic heterocycles. The van der Waals surface area contributed by atoms with Crippen molar-refractivity contribution in [2.24, 2.45) is 0 Å². The second-order valence-electron chi connectivity index (χ2n) is 7.17. The molecule has 1 aromatic carbocycles. The Morgan fingerprint density at radius 2 is 1.59 bits per heavy atom. The van der Waals surface area contributed by atoms with E-state index in [4.69, 9.17) is 0 Å². The van der Waals surface area contributed by atoms with Gasteiger partial charge < -0.3 is 0 Å². The van der Waals surface area contributed by atoms with Gasteiger partial charge in [-0.15, -0.1) is 11.3 Å². The largest absolute Gasteiger partial charge is 0.289 e. The van der Waals surface area contributed by atoms with Gasteiger partial charge in [-0.1, -0.05) is 26.8 Å². The molecule has 1 heterocycles. The average molecular weight is 388 g/mol. The first-order chi connectivity index (χ1) is 12.5. The van der Waals surface area contributed by atoms with Gasteiger partial charge in [-0.2, -0.15) is 0 Å². The Bertz CT molecular complexity index is 912. The zero-order chi connectivity index (χ0) is 20.5. The maximum absolute atomic E-state index is 12.8. The summed E-state index contributed by atoms with van der Waals surface area (Å²) >= 11 is 1.43. The molecule has 0 aliphatic heterocycles. The van der Waals surface area contributed by atoms with E-state index in [1.165, 1.54) is 31.3 Å². The number of hydrogen-bond acceptors (Lipinski definition) is 6. The molecule has 8 heteroatoms. The summed E-state index contributed by atoms with van der Waals surface area (Å²) in [5, 5.41) is 25.4. The summed E-state index contributed by atoms with van der Waals surface area (Å²) in [5.41, 5.74) is -1.24. The van der Waals surface area contributed by atoms with Crippen molar-refractivity contribution in [3.05, 3.63) is 70.9 Å². The molecule has 27 heavy (non-hydrogen) atoms. The molecule has 0 saturated carbocycles. The Kier molecular flexibility index (Phi) is 5.60. The fourth-order valence-electron chi connectivity index (χ4n) is 3.17. The topological polar surface area (TPSA) is 103 Å². The fraction of sp³-hybridized carbons (Fsp3) is 0.316. The summed E-state index contributed by atoms with van der Waals surface area (Å²) in [6.45, 7) is 7.98. The fourth-order valence-corrected chi connectivity index (χ4v) is 3.79. The molecule has 0 spiro atoms. The Balaban J connectivity index is 2.81. The van der Waals surface area contributed by atoms with Crippen molar-refractivity contribution >= 4 is 34.6 Å². The van der Waals surface area contributed by atoms with E-state index in [1.54, 1.807) is 26.8 Å². The van der Waals surface area contributed by atoms with Crippen molar-refractivity contribution in [1.82, 2.24) is 0 Å². The number of nitrogens with zero attached hydrogens (tertiary/aromatic N) is 2. The van der Waals surface area contributed by atoms with Gasteiger partial charge in [-0.3, -0.25) is 25.0 Å². The van der Waals surface area contributed by atoms with Crippen molar-refractivity contribution in [2.75, 3.05) is 0 Å². The van der Waals surface area contributed by atoms with Gasteiger partial charge in [-0.25, -0.2) is 0 Å². The van der Waals surface area contributed by atoms with Crippen molar-refractivity contribution in [3.63, 3.8) is 0 Å². The van der Waals surface area contributed by atoms with E-state index in [0.717, 1.165) is 4.88 Å². The zero-order valence-corrected chi connectivity index (χ0v) is 16.5. The summed E-state index contributed by atoms with van der Waals surface area (Å²) in [7, 11) is 0. The second kappa shape index (κ2) is 7.40. The molecule has 0 amide bonds. The number of thiophene rings is 1. The lowest BCUT2D eigenvalue weighted by Crippen LogP contribution is -2.20. The van der Waals surface area contributed by atoms with E-state index in [9.17, 15) is 25.0 Å². The summed E-state index contributed by atoms with van der Waals surface area (Å²) in [6.07, 6.45) is 2.90. The monoisotopic (exact) mass is 388 g/mol. The third-order valence-electron chi connectivity index (χ3n) is 4.24. The van der Waals surface area contributed by atoms with Crippen LogP contribution in [0.25, 0.3) is 6.08 Å². The Labute approximate surface area is 160 Å². The van der Waals surface area contributed by atoms with Gasteiger partial charge >= 0.3 is 0 Å². The molecule has 2 rings (SSSR count). The van der Waals surface area contributed by atoms with Crippen LogP contribution in [0.5, 0.6) is 0 Å². The summed E-state index contributed by atoms with van der Waals surface area (Å²) in [6, 6.07) is 3.65. The number of carbonyl (C=O) groups is 1. The highest BCUT2D eigenvalue weighted by Crippen LogP contribution is 2.44. The van der Waals surface area contributed by atoms with E-state index in [1.807, 2.05) is 17.5 Å². The minimum Gasteiger partial charge on any atom is -0.289 e. The van der Waals surface area contributed by atoms with Gasteiger partial charge in [0.05, 0.1) is 9.85 Å². The molecule has 0 aliphatic carbocycles. The van der Waals surface area contributed by atoms with Crippen molar-refractivity contribution in [2.45, 2.75) is 40.0 Å². The molecule has 2 aromatic rings. The molecule has 0 atom stereocenters. The molecular weight excluding hydrogens is 368 g/mol. The molecule has 7 nitrogen and oxygen atoms in total. The Hall–Kier alpha value is -2.87. The number of carbonyl (C=O) groups excluding carboxylic acids is 1. The van der Waals surface area contributed by atoms with Crippen LogP contribution in [0.2, 0.25) is 0 Å². The van der Waals surface area contributed by atoms with E-state index >= 15 is 0 Å². The Morgan fingerprint density at radius 1 is 1.07 bits per heavy atom. The van der Waals surface area contributed by atoms with E-state index in [-0.39, 0.29) is 33.6 Å². The molecule has 0 N–H and O–H groups in total. The van der Waals surface area contributed by atoms with Gasteiger partial charge in [0.15, 0.2) is 5.78 Å². The number of hydrogen-bond donors (Lipinski definition) is 0. The first-order valence-electron chi connectivity index (χ1n) is 8.19. The highest BCUT2D eigenvalue weighted by atomic mass is 32.1. The lowest BCUT2D eigenvalue weighted by molar-refractivity contribution is -0.397. The number of allylic oxidation sites excluding steroid dienone is 1. The third-order valence-corrected chi connectivity index (χ3v) is 5.08. The predicted molar refractivity (Wildman–Crippen MR) is 106 cm³/mol. The van der Waals surface area contributed by atoms with Crippen LogP contribution in [0.4, 0.5) is 11.4 Å². The van der Waals surface area contributed by atoms with Crippen LogP contribution in [-0.2, 0) is 5.41 Å². The maximum Gasteiger partial charge on any atom is 0.283 e. The van der Waals surface area contributed by atoms with Gasteiger partial charge in [0.1, 0.15) is 5.56 Å². The standard InChI is InChI=1S/C19H20N2O5S/c1-11-15(14(22)9-8-13-7-6-10-27-13)12(2)18(21(25)26)16(19(3,4)5)17(11)20(23)24/h6-10H,1-5H3/b9-8-. The van der Waals surface area contributed by atoms with E-state index < -0.39 is 21.0 Å². The second-order valence-corrected chi connectivity index (χ2v) is 8.15. The van der Waals surface area contributed by atoms with Gasteiger partial charge in [-0.05, 0) is 37.4 Å². The van der Waals surface area contributed by atoms with Gasteiger partial charge in [0.25, 0.3) is 11.4 Å². The van der Waals surface area contributed by atoms with Crippen LogP contribution in [0.15, 0.2) is 23.6 Å².